The summed E-state index contributed by atoms with van der Waals surface area (Å²) >= 11 is 0. The second-order valence-corrected chi connectivity index (χ2v) is 9.10. The molecule has 6 nitrogen and oxygen atoms in total. The molecule has 0 saturated carbocycles. The molecule has 0 spiro atoms. The molecular weight excluding hydrogens is 478 g/mol. The number of carbonyl (C=O) groups excluding carboxylic acids is 1. The van der Waals surface area contributed by atoms with Crippen LogP contribution in [0.4, 0.5) is 0 Å². The van der Waals surface area contributed by atoms with Crippen molar-refractivity contribution in [2.45, 2.75) is 12.5 Å². The highest BCUT2D eigenvalue weighted by Crippen LogP contribution is 2.39. The summed E-state index contributed by atoms with van der Waals surface area (Å²) in [4.78, 5) is 15.7. The van der Waals surface area contributed by atoms with Crippen molar-refractivity contribution in [3.63, 3.8) is 0 Å². The number of ether oxygens (including phenoxy) is 4. The number of amides is 1. The standard InChI is InChI=1S/C32H31NO5/c1-35-26-13-15-27(16-14-26)38-21-29-28-20-31(37-3)30(36-2)19-25(28)17-18-33(29)32(34)24-11-9-23(10-12-24)22-7-5-4-6-8-22/h4-16,19-20,29H,17-18,21H2,1-3H3. The van der Waals surface area contributed by atoms with E-state index < -0.39 is 0 Å². The minimum Gasteiger partial charge on any atom is -0.497 e. The number of benzene rings is 4. The second-order valence-electron chi connectivity index (χ2n) is 9.10. The summed E-state index contributed by atoms with van der Waals surface area (Å²) in [7, 11) is 4.88. The fourth-order valence-corrected chi connectivity index (χ4v) is 4.90. The van der Waals surface area contributed by atoms with E-state index in [0.717, 1.165) is 28.0 Å². The van der Waals surface area contributed by atoms with Gasteiger partial charge in [0.15, 0.2) is 11.5 Å². The topological polar surface area (TPSA) is 57.2 Å². The Hall–Kier alpha value is -4.45. The SMILES string of the molecule is COc1ccc(OCC2c3cc(OC)c(OC)cc3CCN2C(=O)c2ccc(-c3ccccc3)cc2)cc1. The molecule has 194 valence electrons. The van der Waals surface area contributed by atoms with Crippen molar-refractivity contribution in [2.75, 3.05) is 34.5 Å². The molecule has 1 atom stereocenters. The van der Waals surface area contributed by atoms with Gasteiger partial charge in [0.2, 0.25) is 0 Å². The van der Waals surface area contributed by atoms with E-state index in [1.807, 2.05) is 83.8 Å². The summed E-state index contributed by atoms with van der Waals surface area (Å²) in [6.07, 6.45) is 0.711. The van der Waals surface area contributed by atoms with Crippen molar-refractivity contribution < 1.29 is 23.7 Å². The molecule has 1 aliphatic heterocycles. The van der Waals surface area contributed by atoms with E-state index in [1.54, 1.807) is 21.3 Å². The lowest BCUT2D eigenvalue weighted by molar-refractivity contribution is 0.0589. The van der Waals surface area contributed by atoms with Crippen molar-refractivity contribution in [1.29, 1.82) is 0 Å². The zero-order valence-corrected chi connectivity index (χ0v) is 21.8. The van der Waals surface area contributed by atoms with Crippen LogP contribution in [-0.2, 0) is 6.42 Å². The first-order valence-electron chi connectivity index (χ1n) is 12.6. The molecule has 4 aromatic rings. The lowest BCUT2D eigenvalue weighted by Crippen LogP contribution is -2.42. The molecule has 1 heterocycles. The fraction of sp³-hybridized carbons (Fsp3) is 0.219. The van der Waals surface area contributed by atoms with E-state index in [-0.39, 0.29) is 11.9 Å². The average molecular weight is 510 g/mol. The molecule has 1 unspecified atom stereocenters. The molecule has 0 fully saturated rings. The minimum atomic E-state index is -0.304. The molecule has 0 radical (unpaired) electrons. The van der Waals surface area contributed by atoms with E-state index >= 15 is 0 Å². The second kappa shape index (κ2) is 11.3. The third-order valence-corrected chi connectivity index (χ3v) is 6.97. The largest absolute Gasteiger partial charge is 0.497 e. The van der Waals surface area contributed by atoms with Crippen molar-refractivity contribution in [3.05, 3.63) is 108 Å². The molecule has 0 bridgehead atoms. The number of fused-ring (bicyclic) bond motifs is 1. The van der Waals surface area contributed by atoms with Crippen LogP contribution in [0.5, 0.6) is 23.0 Å². The number of carbonyl (C=O) groups is 1. The lowest BCUT2D eigenvalue weighted by atomic mass is 9.91. The van der Waals surface area contributed by atoms with Gasteiger partial charge in [-0.1, -0.05) is 42.5 Å². The molecule has 0 saturated heterocycles. The first-order chi connectivity index (χ1) is 18.6. The summed E-state index contributed by atoms with van der Waals surface area (Å²) in [5.41, 5.74) is 4.95. The molecule has 4 aromatic carbocycles. The molecule has 0 N–H and O–H groups in total. The van der Waals surface area contributed by atoms with Gasteiger partial charge < -0.3 is 23.8 Å². The van der Waals surface area contributed by atoms with E-state index in [1.165, 1.54) is 0 Å². The quantitative estimate of drug-likeness (QED) is 0.283. The highest BCUT2D eigenvalue weighted by molar-refractivity contribution is 5.95. The van der Waals surface area contributed by atoms with Gasteiger partial charge in [-0.05, 0) is 77.2 Å². The van der Waals surface area contributed by atoms with Crippen LogP contribution in [0.15, 0.2) is 91.0 Å². The summed E-state index contributed by atoms with van der Waals surface area (Å²) in [5, 5.41) is 0. The van der Waals surface area contributed by atoms with Gasteiger partial charge in [-0.25, -0.2) is 0 Å². The van der Waals surface area contributed by atoms with Crippen molar-refractivity contribution in [1.82, 2.24) is 4.90 Å². The molecule has 38 heavy (non-hydrogen) atoms. The third kappa shape index (κ3) is 5.16. The first kappa shape index (κ1) is 25.2. The Balaban J connectivity index is 1.45. The molecule has 1 amide bonds. The first-order valence-corrected chi connectivity index (χ1v) is 12.6. The van der Waals surface area contributed by atoms with E-state index in [4.69, 9.17) is 18.9 Å². The Labute approximate surface area is 223 Å². The van der Waals surface area contributed by atoms with Gasteiger partial charge in [0.1, 0.15) is 18.1 Å². The molecular formula is C32H31NO5. The summed E-state index contributed by atoms with van der Waals surface area (Å²) in [5.74, 6) is 2.74. The van der Waals surface area contributed by atoms with Crippen molar-refractivity contribution in [3.8, 4) is 34.1 Å². The predicted molar refractivity (Wildman–Crippen MR) is 147 cm³/mol. The predicted octanol–water partition coefficient (Wildman–Crippen LogP) is 6.20. The lowest BCUT2D eigenvalue weighted by Gasteiger charge is -2.37. The van der Waals surface area contributed by atoms with Crippen LogP contribution in [0.2, 0.25) is 0 Å². The number of hydrogen-bond donors (Lipinski definition) is 0. The van der Waals surface area contributed by atoms with Gasteiger partial charge in [-0.3, -0.25) is 4.79 Å². The summed E-state index contributed by atoms with van der Waals surface area (Å²) < 4.78 is 22.6. The minimum absolute atomic E-state index is 0.0339. The van der Waals surface area contributed by atoms with Gasteiger partial charge in [-0.2, -0.15) is 0 Å². The average Bonchev–Trinajstić information content (AvgIpc) is 2.99. The van der Waals surface area contributed by atoms with E-state index in [9.17, 15) is 4.79 Å². The van der Waals surface area contributed by atoms with Gasteiger partial charge in [0.05, 0.1) is 27.4 Å². The maximum atomic E-state index is 13.8. The van der Waals surface area contributed by atoms with Crippen molar-refractivity contribution in [2.24, 2.45) is 0 Å². The fourth-order valence-electron chi connectivity index (χ4n) is 4.90. The molecule has 6 heteroatoms. The van der Waals surface area contributed by atoms with Crippen LogP contribution in [0.3, 0.4) is 0 Å². The Morgan fingerprint density at radius 1 is 0.763 bits per heavy atom. The monoisotopic (exact) mass is 509 g/mol. The Morgan fingerprint density at radius 2 is 1.39 bits per heavy atom. The molecule has 0 aliphatic carbocycles. The Bertz CT molecular complexity index is 1380. The van der Waals surface area contributed by atoms with Gasteiger partial charge in [-0.15, -0.1) is 0 Å². The highest BCUT2D eigenvalue weighted by atomic mass is 16.5. The van der Waals surface area contributed by atoms with Crippen LogP contribution in [0, 0.1) is 0 Å². The normalized spacial score (nSPS) is 14.4. The van der Waals surface area contributed by atoms with Crippen molar-refractivity contribution >= 4 is 5.91 Å². The summed E-state index contributed by atoms with van der Waals surface area (Å²) in [6.45, 7) is 0.862. The van der Waals surface area contributed by atoms with Crippen LogP contribution in [0.1, 0.15) is 27.5 Å². The van der Waals surface area contributed by atoms with Crippen LogP contribution in [0.25, 0.3) is 11.1 Å². The van der Waals surface area contributed by atoms with Gasteiger partial charge >= 0.3 is 0 Å². The van der Waals surface area contributed by atoms with Crippen LogP contribution < -0.4 is 18.9 Å². The highest BCUT2D eigenvalue weighted by Gasteiger charge is 2.33. The summed E-state index contributed by atoms with van der Waals surface area (Å²) in [6, 6.07) is 29.0. The zero-order valence-electron chi connectivity index (χ0n) is 21.8. The smallest absolute Gasteiger partial charge is 0.254 e. The number of nitrogens with zero attached hydrogens (tertiary/aromatic N) is 1. The number of hydrogen-bond acceptors (Lipinski definition) is 5. The maximum absolute atomic E-state index is 13.8. The number of rotatable bonds is 8. The zero-order chi connectivity index (χ0) is 26.5. The van der Waals surface area contributed by atoms with E-state index in [0.29, 0.717) is 42.4 Å². The Kier molecular flexibility index (Phi) is 7.50. The van der Waals surface area contributed by atoms with Crippen LogP contribution >= 0.6 is 0 Å². The maximum Gasteiger partial charge on any atom is 0.254 e. The Morgan fingerprint density at radius 3 is 2.05 bits per heavy atom. The van der Waals surface area contributed by atoms with Gasteiger partial charge in [0.25, 0.3) is 5.91 Å². The van der Waals surface area contributed by atoms with Crippen LogP contribution in [-0.4, -0.2) is 45.3 Å². The molecule has 0 aromatic heterocycles. The molecule has 5 rings (SSSR count). The van der Waals surface area contributed by atoms with Gasteiger partial charge in [0, 0.05) is 12.1 Å². The third-order valence-electron chi connectivity index (χ3n) is 6.97. The van der Waals surface area contributed by atoms with E-state index in [2.05, 4.69) is 12.1 Å². The number of methoxy groups -OCH3 is 3. The molecule has 1 aliphatic rings.